The van der Waals surface area contributed by atoms with Gasteiger partial charge in [0.1, 0.15) is 0 Å². The van der Waals surface area contributed by atoms with Gasteiger partial charge < -0.3 is 0 Å². The highest BCUT2D eigenvalue weighted by Gasteiger charge is 2.12. The summed E-state index contributed by atoms with van der Waals surface area (Å²) in [6.07, 6.45) is 0.702. The van der Waals surface area contributed by atoms with Crippen molar-refractivity contribution in [3.05, 3.63) is 63.1 Å². The Morgan fingerprint density at radius 1 is 1.05 bits per heavy atom. The Bertz CT molecular complexity index is 607. The van der Waals surface area contributed by atoms with E-state index in [0.29, 0.717) is 16.5 Å². The highest BCUT2D eigenvalue weighted by atomic mass is 35.5. The maximum Gasteiger partial charge on any atom is 0.0541 e. The van der Waals surface area contributed by atoms with Gasteiger partial charge >= 0.3 is 0 Å². The van der Waals surface area contributed by atoms with Crippen LogP contribution in [0.2, 0.25) is 15.1 Å². The first-order valence-electron chi connectivity index (χ1n) is 6.37. The van der Waals surface area contributed by atoms with Crippen LogP contribution in [0.5, 0.6) is 0 Å². The number of benzene rings is 2. The molecule has 3 N–H and O–H groups in total. The van der Waals surface area contributed by atoms with E-state index < -0.39 is 0 Å². The van der Waals surface area contributed by atoms with Crippen molar-refractivity contribution in [1.82, 2.24) is 5.43 Å². The molecule has 2 rings (SSSR count). The minimum atomic E-state index is 0.0715. The molecule has 0 heterocycles. The van der Waals surface area contributed by atoms with E-state index in [0.717, 1.165) is 21.2 Å². The summed E-state index contributed by atoms with van der Waals surface area (Å²) < 4.78 is 0. The van der Waals surface area contributed by atoms with Crippen LogP contribution in [0, 0.1) is 0 Å². The van der Waals surface area contributed by atoms with E-state index in [9.17, 15) is 0 Å². The van der Waals surface area contributed by atoms with Gasteiger partial charge in [-0.25, -0.2) is 0 Å². The molecule has 6 heteroatoms. The van der Waals surface area contributed by atoms with Crippen LogP contribution in [-0.2, 0) is 6.42 Å². The first-order valence-corrected chi connectivity index (χ1v) is 8.49. The first kappa shape index (κ1) is 16.9. The average molecular weight is 362 g/mol. The molecule has 0 amide bonds. The largest absolute Gasteiger partial charge is 0.271 e. The summed E-state index contributed by atoms with van der Waals surface area (Å²) in [6.45, 7) is 0. The third kappa shape index (κ3) is 5.06. The average Bonchev–Trinajstić information content (AvgIpc) is 2.48. The van der Waals surface area contributed by atoms with Crippen molar-refractivity contribution in [3.8, 4) is 0 Å². The van der Waals surface area contributed by atoms with Crippen molar-refractivity contribution in [2.75, 3.05) is 5.75 Å². The topological polar surface area (TPSA) is 38.0 Å². The zero-order chi connectivity index (χ0) is 15.2. The van der Waals surface area contributed by atoms with Crippen LogP contribution >= 0.6 is 46.6 Å². The number of halogens is 3. The van der Waals surface area contributed by atoms with E-state index in [4.69, 9.17) is 40.6 Å². The van der Waals surface area contributed by atoms with Gasteiger partial charge in [-0.2, -0.15) is 0 Å². The second-order valence-corrected chi connectivity index (χ2v) is 6.86. The van der Waals surface area contributed by atoms with Crippen molar-refractivity contribution in [2.24, 2.45) is 5.84 Å². The van der Waals surface area contributed by atoms with Crippen LogP contribution in [-0.4, -0.2) is 11.8 Å². The molecule has 0 aliphatic carbocycles. The molecule has 0 bridgehead atoms. The minimum Gasteiger partial charge on any atom is -0.271 e. The maximum absolute atomic E-state index is 6.18. The molecule has 2 aromatic carbocycles. The van der Waals surface area contributed by atoms with E-state index in [1.165, 1.54) is 0 Å². The Morgan fingerprint density at radius 2 is 1.81 bits per heavy atom. The molecule has 0 aromatic heterocycles. The van der Waals surface area contributed by atoms with E-state index >= 15 is 0 Å². The Kier molecular flexibility index (Phi) is 6.68. The quantitative estimate of drug-likeness (QED) is 0.440. The molecule has 0 aliphatic heterocycles. The fraction of sp³-hybridized carbons (Fsp3) is 0.200. The Balaban J connectivity index is 2.00. The molecular weight excluding hydrogens is 347 g/mol. The summed E-state index contributed by atoms with van der Waals surface area (Å²) in [6, 6.07) is 13.3. The summed E-state index contributed by atoms with van der Waals surface area (Å²) in [5.41, 5.74) is 3.80. The van der Waals surface area contributed by atoms with E-state index in [2.05, 4.69) is 5.43 Å². The highest BCUT2D eigenvalue weighted by Crippen LogP contribution is 2.28. The van der Waals surface area contributed by atoms with Crippen molar-refractivity contribution >= 4 is 46.6 Å². The smallest absolute Gasteiger partial charge is 0.0541 e. The lowest BCUT2D eigenvalue weighted by Gasteiger charge is -2.17. The first-order chi connectivity index (χ1) is 10.1. The molecule has 2 nitrogen and oxygen atoms in total. The minimum absolute atomic E-state index is 0.0715. The summed E-state index contributed by atoms with van der Waals surface area (Å²) in [5.74, 6) is 6.42. The number of hydrazine groups is 1. The van der Waals surface area contributed by atoms with Gasteiger partial charge in [-0.3, -0.25) is 11.3 Å². The SMILES string of the molecule is NNC(CSc1ccccc1Cl)Cc1cc(Cl)ccc1Cl. The molecular formula is C15H15Cl3N2S. The standard InChI is InChI=1S/C15H15Cl3N2S/c16-11-5-6-13(17)10(7-11)8-12(20-19)9-21-15-4-2-1-3-14(15)18/h1-7,12,20H,8-9,19H2. The number of thioether (sulfide) groups is 1. The van der Waals surface area contributed by atoms with E-state index in [-0.39, 0.29) is 6.04 Å². The van der Waals surface area contributed by atoms with Gasteiger partial charge in [0.25, 0.3) is 0 Å². The number of nitrogens with two attached hydrogens (primary N) is 1. The second kappa shape index (κ2) is 8.28. The molecule has 2 aromatic rings. The van der Waals surface area contributed by atoms with Gasteiger partial charge in [0, 0.05) is 26.7 Å². The molecule has 0 spiro atoms. The highest BCUT2D eigenvalue weighted by molar-refractivity contribution is 7.99. The Labute approximate surface area is 143 Å². The zero-order valence-corrected chi connectivity index (χ0v) is 14.2. The fourth-order valence-electron chi connectivity index (χ4n) is 1.88. The number of nitrogens with one attached hydrogen (secondary N) is 1. The van der Waals surface area contributed by atoms with Crippen LogP contribution in [0.15, 0.2) is 47.4 Å². The summed E-state index contributed by atoms with van der Waals surface area (Å²) >= 11 is 20.0. The van der Waals surface area contributed by atoms with Gasteiger partial charge in [0.05, 0.1) is 5.02 Å². The van der Waals surface area contributed by atoms with Crippen LogP contribution < -0.4 is 11.3 Å². The van der Waals surface area contributed by atoms with Crippen molar-refractivity contribution in [3.63, 3.8) is 0 Å². The predicted molar refractivity (Wildman–Crippen MR) is 93.5 cm³/mol. The number of rotatable bonds is 6. The van der Waals surface area contributed by atoms with Gasteiger partial charge in [-0.15, -0.1) is 11.8 Å². The molecule has 0 saturated carbocycles. The molecule has 0 radical (unpaired) electrons. The third-order valence-corrected chi connectivity index (χ3v) is 5.27. The Morgan fingerprint density at radius 3 is 2.52 bits per heavy atom. The van der Waals surface area contributed by atoms with E-state index in [1.807, 2.05) is 30.3 Å². The maximum atomic E-state index is 6.18. The fourth-order valence-corrected chi connectivity index (χ4v) is 3.55. The summed E-state index contributed by atoms with van der Waals surface area (Å²) in [7, 11) is 0. The van der Waals surface area contributed by atoms with Crippen LogP contribution in [0.3, 0.4) is 0 Å². The molecule has 0 fully saturated rings. The predicted octanol–water partition coefficient (Wildman–Crippen LogP) is 4.81. The lowest BCUT2D eigenvalue weighted by Crippen LogP contribution is -2.38. The molecule has 1 atom stereocenters. The zero-order valence-electron chi connectivity index (χ0n) is 11.2. The molecule has 112 valence electrons. The number of hydrogen-bond donors (Lipinski definition) is 2. The van der Waals surface area contributed by atoms with Gasteiger partial charge in [-0.1, -0.05) is 46.9 Å². The monoisotopic (exact) mass is 360 g/mol. The second-order valence-electron chi connectivity index (χ2n) is 4.54. The van der Waals surface area contributed by atoms with Crippen LogP contribution in [0.1, 0.15) is 5.56 Å². The normalized spacial score (nSPS) is 12.4. The number of hydrogen-bond acceptors (Lipinski definition) is 3. The third-order valence-electron chi connectivity index (χ3n) is 2.99. The molecule has 0 aliphatic rings. The van der Waals surface area contributed by atoms with Crippen LogP contribution in [0.25, 0.3) is 0 Å². The molecule has 21 heavy (non-hydrogen) atoms. The van der Waals surface area contributed by atoms with Crippen molar-refractivity contribution in [2.45, 2.75) is 17.4 Å². The van der Waals surface area contributed by atoms with E-state index in [1.54, 1.807) is 23.9 Å². The summed E-state index contributed by atoms with van der Waals surface area (Å²) in [5, 5.41) is 2.12. The Hall–Kier alpha value is -0.420. The van der Waals surface area contributed by atoms with Crippen LogP contribution in [0.4, 0.5) is 0 Å². The lowest BCUT2D eigenvalue weighted by atomic mass is 10.1. The van der Waals surface area contributed by atoms with Crippen molar-refractivity contribution in [1.29, 1.82) is 0 Å². The van der Waals surface area contributed by atoms with Gasteiger partial charge in [0.2, 0.25) is 0 Å². The lowest BCUT2D eigenvalue weighted by molar-refractivity contribution is 0.575. The molecule has 0 saturated heterocycles. The van der Waals surface area contributed by atoms with Gasteiger partial charge in [-0.05, 0) is 42.3 Å². The van der Waals surface area contributed by atoms with Gasteiger partial charge in [0.15, 0.2) is 0 Å². The molecule has 1 unspecified atom stereocenters. The van der Waals surface area contributed by atoms with Crippen molar-refractivity contribution < 1.29 is 0 Å². The summed E-state index contributed by atoms with van der Waals surface area (Å²) in [4.78, 5) is 1.04.